The molecule has 1 fully saturated rings. The molecule has 0 radical (unpaired) electrons. The smallest absolute Gasteiger partial charge is 0.227 e. The molecule has 1 atom stereocenters. The number of hydrogen-bond donors (Lipinski definition) is 0. The van der Waals surface area contributed by atoms with Gasteiger partial charge in [0.1, 0.15) is 5.69 Å². The van der Waals surface area contributed by atoms with Crippen molar-refractivity contribution >= 4 is 17.2 Å². The molecular formula is C23H26N2O4S. The third-order valence-electron chi connectivity index (χ3n) is 5.51. The zero-order valence-corrected chi connectivity index (χ0v) is 18.1. The van der Waals surface area contributed by atoms with Crippen LogP contribution in [0.5, 0.6) is 11.5 Å². The Morgan fingerprint density at radius 1 is 1.17 bits per heavy atom. The fourth-order valence-corrected chi connectivity index (χ4v) is 4.64. The first-order chi connectivity index (χ1) is 14.7. The predicted octanol–water partition coefficient (Wildman–Crippen LogP) is 5.11. The van der Waals surface area contributed by atoms with Crippen molar-refractivity contribution in [3.8, 4) is 22.1 Å². The number of carbonyl (C=O) groups is 1. The van der Waals surface area contributed by atoms with Gasteiger partial charge >= 0.3 is 0 Å². The van der Waals surface area contributed by atoms with E-state index in [0.29, 0.717) is 17.9 Å². The molecule has 0 spiro atoms. The fourth-order valence-electron chi connectivity index (χ4n) is 3.96. The lowest BCUT2D eigenvalue weighted by molar-refractivity contribution is -0.133. The topological polar surface area (TPSA) is 64.8 Å². The number of rotatable bonds is 6. The number of thiophene rings is 1. The van der Waals surface area contributed by atoms with Gasteiger partial charge in [-0.3, -0.25) is 4.79 Å². The minimum Gasteiger partial charge on any atom is -0.493 e. The average Bonchev–Trinajstić information content (AvgIpc) is 3.41. The van der Waals surface area contributed by atoms with Gasteiger partial charge in [0.05, 0.1) is 31.6 Å². The molecule has 3 aromatic rings. The van der Waals surface area contributed by atoms with Crippen LogP contribution in [-0.2, 0) is 11.2 Å². The molecule has 1 saturated heterocycles. The summed E-state index contributed by atoms with van der Waals surface area (Å²) in [5, 5.41) is 6.34. The van der Waals surface area contributed by atoms with Gasteiger partial charge in [0.2, 0.25) is 5.91 Å². The van der Waals surface area contributed by atoms with Crippen LogP contribution in [0.1, 0.15) is 43.0 Å². The number of likely N-dealkylation sites (tertiary alicyclic amines) is 1. The second kappa shape index (κ2) is 9.34. The number of ether oxygens (including phenoxy) is 2. The Labute approximate surface area is 180 Å². The molecule has 158 valence electrons. The van der Waals surface area contributed by atoms with E-state index in [-0.39, 0.29) is 11.9 Å². The maximum Gasteiger partial charge on any atom is 0.227 e. The summed E-state index contributed by atoms with van der Waals surface area (Å²) in [7, 11) is 3.21. The maximum atomic E-state index is 13.3. The van der Waals surface area contributed by atoms with Gasteiger partial charge in [0.15, 0.2) is 17.3 Å². The van der Waals surface area contributed by atoms with E-state index in [9.17, 15) is 4.79 Å². The highest BCUT2D eigenvalue weighted by Crippen LogP contribution is 2.34. The SMILES string of the molecule is COc1ccc(CC(=O)N2CCCCC[C@@H]2c2cc(-c3cccs3)on2)cc1OC. The standard InChI is InChI=1S/C23H26N2O4S/c1-27-19-10-9-16(13-20(19)28-2)14-23(26)25-11-5-3-4-7-18(25)17-15-21(29-24-17)22-8-6-12-30-22/h6,8-10,12-13,15,18H,3-5,7,11,14H2,1-2H3/t18-/m1/s1. The van der Waals surface area contributed by atoms with Gasteiger partial charge in [-0.1, -0.05) is 30.1 Å². The Bertz CT molecular complexity index is 983. The summed E-state index contributed by atoms with van der Waals surface area (Å²) in [6.07, 6.45) is 4.41. The van der Waals surface area contributed by atoms with Crippen LogP contribution in [0.3, 0.4) is 0 Å². The summed E-state index contributed by atoms with van der Waals surface area (Å²) >= 11 is 1.62. The zero-order chi connectivity index (χ0) is 20.9. The van der Waals surface area contributed by atoms with E-state index < -0.39 is 0 Å². The maximum absolute atomic E-state index is 13.3. The molecule has 0 N–H and O–H groups in total. The molecule has 6 nitrogen and oxygen atoms in total. The Morgan fingerprint density at radius 2 is 2.03 bits per heavy atom. The minimum atomic E-state index is -0.0578. The summed E-state index contributed by atoms with van der Waals surface area (Å²) in [5.41, 5.74) is 1.74. The molecule has 4 rings (SSSR count). The average molecular weight is 427 g/mol. The lowest BCUT2D eigenvalue weighted by Crippen LogP contribution is -2.36. The van der Waals surface area contributed by atoms with Crippen LogP contribution < -0.4 is 9.47 Å². The molecule has 1 amide bonds. The van der Waals surface area contributed by atoms with Gasteiger partial charge < -0.3 is 18.9 Å². The lowest BCUT2D eigenvalue weighted by atomic mass is 10.0. The summed E-state index contributed by atoms with van der Waals surface area (Å²) in [6.45, 7) is 0.734. The van der Waals surface area contributed by atoms with E-state index in [0.717, 1.165) is 54.1 Å². The quantitative estimate of drug-likeness (QED) is 0.548. The number of aromatic nitrogens is 1. The first-order valence-electron chi connectivity index (χ1n) is 10.2. The van der Waals surface area contributed by atoms with E-state index in [2.05, 4.69) is 5.16 Å². The molecule has 0 unspecified atom stereocenters. The van der Waals surface area contributed by atoms with E-state index in [1.165, 1.54) is 0 Å². The number of hydrogen-bond acceptors (Lipinski definition) is 6. The van der Waals surface area contributed by atoms with Crippen molar-refractivity contribution in [3.63, 3.8) is 0 Å². The largest absolute Gasteiger partial charge is 0.493 e. The molecule has 1 aliphatic heterocycles. The fraction of sp³-hybridized carbons (Fsp3) is 0.391. The Hall–Kier alpha value is -2.80. The van der Waals surface area contributed by atoms with Crippen molar-refractivity contribution < 1.29 is 18.8 Å². The van der Waals surface area contributed by atoms with Crippen LogP contribution in [0.15, 0.2) is 46.3 Å². The second-order valence-electron chi connectivity index (χ2n) is 7.41. The zero-order valence-electron chi connectivity index (χ0n) is 17.3. The predicted molar refractivity (Wildman–Crippen MR) is 116 cm³/mol. The third kappa shape index (κ3) is 4.36. The van der Waals surface area contributed by atoms with Gasteiger partial charge in [-0.05, 0) is 42.0 Å². The Balaban J connectivity index is 1.55. The molecule has 2 aromatic heterocycles. The van der Waals surface area contributed by atoms with E-state index >= 15 is 0 Å². The minimum absolute atomic E-state index is 0.0578. The number of benzene rings is 1. The van der Waals surface area contributed by atoms with Crippen LogP contribution >= 0.6 is 11.3 Å². The highest BCUT2D eigenvalue weighted by molar-refractivity contribution is 7.13. The van der Waals surface area contributed by atoms with Gasteiger partial charge in [0.25, 0.3) is 0 Å². The van der Waals surface area contributed by atoms with Gasteiger partial charge in [-0.2, -0.15) is 0 Å². The van der Waals surface area contributed by atoms with Crippen molar-refractivity contribution in [2.75, 3.05) is 20.8 Å². The Morgan fingerprint density at radius 3 is 2.80 bits per heavy atom. The number of carbonyl (C=O) groups excluding carboxylic acids is 1. The van der Waals surface area contributed by atoms with Crippen molar-refractivity contribution in [1.29, 1.82) is 0 Å². The van der Waals surface area contributed by atoms with Crippen molar-refractivity contribution in [1.82, 2.24) is 10.1 Å². The third-order valence-corrected chi connectivity index (χ3v) is 6.39. The van der Waals surface area contributed by atoms with E-state index in [1.807, 2.05) is 46.7 Å². The summed E-state index contributed by atoms with van der Waals surface area (Å²) in [4.78, 5) is 16.3. The molecular weight excluding hydrogens is 400 g/mol. The first kappa shape index (κ1) is 20.5. The van der Waals surface area contributed by atoms with Crippen LogP contribution in [0.25, 0.3) is 10.6 Å². The number of nitrogens with zero attached hydrogens (tertiary/aromatic N) is 2. The molecule has 0 aliphatic carbocycles. The first-order valence-corrected chi connectivity index (χ1v) is 11.1. The van der Waals surface area contributed by atoms with Crippen molar-refractivity contribution in [2.24, 2.45) is 0 Å². The van der Waals surface area contributed by atoms with Crippen LogP contribution in [0, 0.1) is 0 Å². The molecule has 7 heteroatoms. The summed E-state index contributed by atoms with van der Waals surface area (Å²) in [6, 6.07) is 11.6. The van der Waals surface area contributed by atoms with Crippen LogP contribution in [0.4, 0.5) is 0 Å². The molecule has 1 aliphatic rings. The van der Waals surface area contributed by atoms with E-state index in [4.69, 9.17) is 14.0 Å². The normalized spacial score (nSPS) is 16.9. The number of methoxy groups -OCH3 is 2. The monoisotopic (exact) mass is 426 g/mol. The van der Waals surface area contributed by atoms with Crippen molar-refractivity contribution in [2.45, 2.75) is 38.1 Å². The van der Waals surface area contributed by atoms with Crippen LogP contribution in [0.2, 0.25) is 0 Å². The van der Waals surface area contributed by atoms with Crippen LogP contribution in [-0.4, -0.2) is 36.7 Å². The highest BCUT2D eigenvalue weighted by Gasteiger charge is 2.29. The number of amides is 1. The van der Waals surface area contributed by atoms with Crippen molar-refractivity contribution in [3.05, 3.63) is 53.0 Å². The molecule has 1 aromatic carbocycles. The van der Waals surface area contributed by atoms with Gasteiger partial charge in [-0.25, -0.2) is 0 Å². The molecule has 0 bridgehead atoms. The Kier molecular flexibility index (Phi) is 6.38. The molecule has 30 heavy (non-hydrogen) atoms. The van der Waals surface area contributed by atoms with E-state index in [1.54, 1.807) is 25.6 Å². The summed E-state index contributed by atoms with van der Waals surface area (Å²) in [5.74, 6) is 2.14. The lowest BCUT2D eigenvalue weighted by Gasteiger charge is -2.28. The van der Waals surface area contributed by atoms with Gasteiger partial charge in [0, 0.05) is 12.6 Å². The molecule has 3 heterocycles. The second-order valence-corrected chi connectivity index (χ2v) is 8.36. The molecule has 0 saturated carbocycles. The highest BCUT2D eigenvalue weighted by atomic mass is 32.1. The van der Waals surface area contributed by atoms with Gasteiger partial charge in [-0.15, -0.1) is 11.3 Å². The summed E-state index contributed by atoms with van der Waals surface area (Å²) < 4.78 is 16.3.